The fourth-order valence-corrected chi connectivity index (χ4v) is 2.82. The Morgan fingerprint density at radius 1 is 1.07 bits per heavy atom. The largest absolute Gasteiger partial charge is 0.492 e. The molecule has 1 N–H and O–H groups in total. The van der Waals surface area contributed by atoms with E-state index < -0.39 is 6.10 Å². The number of carbonyl (C=O) groups is 1. The molecule has 0 aliphatic heterocycles. The maximum absolute atomic E-state index is 12.4. The van der Waals surface area contributed by atoms with Crippen LogP contribution >= 0.6 is 0 Å². The van der Waals surface area contributed by atoms with Gasteiger partial charge in [0.05, 0.1) is 6.54 Å². The quantitative estimate of drug-likeness (QED) is 0.656. The molecule has 0 saturated heterocycles. The Hall–Kier alpha value is -2.49. The number of carbonyl (C=O) groups excluding carboxylic acids is 1. The van der Waals surface area contributed by atoms with Crippen LogP contribution in [-0.2, 0) is 10.2 Å². The van der Waals surface area contributed by atoms with E-state index in [-0.39, 0.29) is 11.3 Å². The molecular formula is C24H33NO3. The van der Waals surface area contributed by atoms with Gasteiger partial charge in [0.2, 0.25) is 0 Å². The van der Waals surface area contributed by atoms with Gasteiger partial charge in [0.1, 0.15) is 18.1 Å². The minimum Gasteiger partial charge on any atom is -0.492 e. The van der Waals surface area contributed by atoms with Gasteiger partial charge in [-0.15, -0.1) is 0 Å². The van der Waals surface area contributed by atoms with Crippen molar-refractivity contribution in [2.24, 2.45) is 0 Å². The normalized spacial score (nSPS) is 12.4. The van der Waals surface area contributed by atoms with E-state index in [0.29, 0.717) is 19.6 Å². The molecule has 0 bridgehead atoms. The second kappa shape index (κ2) is 9.63. The summed E-state index contributed by atoms with van der Waals surface area (Å²) in [7, 11) is 0. The number of ether oxygens (including phenoxy) is 2. The number of hydrogen-bond donors (Lipinski definition) is 1. The maximum atomic E-state index is 12.4. The van der Waals surface area contributed by atoms with Crippen LogP contribution in [0.2, 0.25) is 0 Å². The van der Waals surface area contributed by atoms with E-state index in [2.05, 4.69) is 38.2 Å². The lowest BCUT2D eigenvalue weighted by molar-refractivity contribution is -0.128. The van der Waals surface area contributed by atoms with E-state index in [1.54, 1.807) is 0 Å². The monoisotopic (exact) mass is 383 g/mol. The number of aryl methyl sites for hydroxylation is 2. The number of nitrogens with one attached hydrogen (secondary N) is 1. The lowest BCUT2D eigenvalue weighted by Crippen LogP contribution is -2.39. The Bertz CT molecular complexity index is 775. The summed E-state index contributed by atoms with van der Waals surface area (Å²) in [4.78, 5) is 12.4. The van der Waals surface area contributed by atoms with Crippen LogP contribution in [0, 0.1) is 13.8 Å². The van der Waals surface area contributed by atoms with Crippen LogP contribution in [0.1, 0.15) is 50.8 Å². The van der Waals surface area contributed by atoms with Crippen LogP contribution in [0.3, 0.4) is 0 Å². The first kappa shape index (κ1) is 21.8. The molecule has 0 heterocycles. The molecule has 2 aromatic carbocycles. The molecule has 0 aliphatic rings. The molecule has 0 aliphatic carbocycles. The first-order valence-corrected chi connectivity index (χ1v) is 9.95. The summed E-state index contributed by atoms with van der Waals surface area (Å²) >= 11 is 0. The van der Waals surface area contributed by atoms with Gasteiger partial charge in [-0.25, -0.2) is 0 Å². The van der Waals surface area contributed by atoms with Crippen LogP contribution in [0.25, 0.3) is 0 Å². The fraction of sp³-hybridized carbons (Fsp3) is 0.458. The lowest BCUT2D eigenvalue weighted by atomic mass is 9.87. The number of amides is 1. The van der Waals surface area contributed by atoms with E-state index in [1.165, 1.54) is 5.56 Å². The van der Waals surface area contributed by atoms with E-state index in [1.807, 2.05) is 51.1 Å². The smallest absolute Gasteiger partial charge is 0.261 e. The van der Waals surface area contributed by atoms with Gasteiger partial charge in [0.15, 0.2) is 6.10 Å². The molecule has 2 rings (SSSR count). The van der Waals surface area contributed by atoms with Gasteiger partial charge >= 0.3 is 0 Å². The molecule has 0 radical (unpaired) electrons. The third-order valence-corrected chi connectivity index (χ3v) is 4.67. The second-order valence-electron chi connectivity index (χ2n) is 8.20. The topological polar surface area (TPSA) is 47.6 Å². The first-order valence-electron chi connectivity index (χ1n) is 9.95. The van der Waals surface area contributed by atoms with Crippen LogP contribution in [0.15, 0.2) is 42.5 Å². The van der Waals surface area contributed by atoms with Gasteiger partial charge in [0.25, 0.3) is 5.91 Å². The molecule has 4 heteroatoms. The number of rotatable bonds is 8. The molecule has 0 aromatic heterocycles. The van der Waals surface area contributed by atoms with Crippen molar-refractivity contribution in [1.82, 2.24) is 5.32 Å². The van der Waals surface area contributed by atoms with Crippen molar-refractivity contribution in [3.8, 4) is 11.5 Å². The average molecular weight is 384 g/mol. The summed E-state index contributed by atoms with van der Waals surface area (Å²) in [5, 5.41) is 2.90. The highest BCUT2D eigenvalue weighted by Gasteiger charge is 2.19. The van der Waals surface area contributed by atoms with E-state index in [9.17, 15) is 4.79 Å². The Kier molecular flexibility index (Phi) is 7.50. The molecule has 152 valence electrons. The minimum atomic E-state index is -0.508. The van der Waals surface area contributed by atoms with Crippen molar-refractivity contribution in [3.63, 3.8) is 0 Å². The summed E-state index contributed by atoms with van der Waals surface area (Å²) in [5.74, 6) is 1.45. The summed E-state index contributed by atoms with van der Waals surface area (Å²) in [6, 6.07) is 14.1. The van der Waals surface area contributed by atoms with Crippen molar-refractivity contribution in [3.05, 3.63) is 59.2 Å². The molecule has 28 heavy (non-hydrogen) atoms. The van der Waals surface area contributed by atoms with Crippen molar-refractivity contribution in [2.45, 2.75) is 59.5 Å². The van der Waals surface area contributed by atoms with E-state index in [0.717, 1.165) is 22.6 Å². The van der Waals surface area contributed by atoms with Gasteiger partial charge in [-0.1, -0.05) is 52.0 Å². The highest BCUT2D eigenvalue weighted by atomic mass is 16.5. The molecule has 0 saturated carbocycles. The van der Waals surface area contributed by atoms with E-state index >= 15 is 0 Å². The van der Waals surface area contributed by atoms with Crippen molar-refractivity contribution in [1.29, 1.82) is 0 Å². The highest BCUT2D eigenvalue weighted by molar-refractivity contribution is 5.81. The zero-order chi connectivity index (χ0) is 20.7. The minimum absolute atomic E-state index is 0.116. The molecule has 0 spiro atoms. The SMILES string of the molecule is CC[C@@H](Oc1cc(C)ccc1C)C(=O)NCCOc1ccc(C(C)(C)C)cc1. The molecule has 1 atom stereocenters. The standard InChI is InChI=1S/C24H33NO3/c1-7-21(28-22-16-17(2)8-9-18(22)3)23(26)25-14-15-27-20-12-10-19(11-13-20)24(4,5)6/h8-13,16,21H,7,14-15H2,1-6H3,(H,25,26)/t21-/m1/s1. The van der Waals surface area contributed by atoms with Gasteiger partial charge < -0.3 is 14.8 Å². The Balaban J connectivity index is 1.81. The predicted molar refractivity (Wildman–Crippen MR) is 114 cm³/mol. The molecule has 4 nitrogen and oxygen atoms in total. The van der Waals surface area contributed by atoms with Gasteiger partial charge in [-0.2, -0.15) is 0 Å². The third kappa shape index (κ3) is 6.29. The third-order valence-electron chi connectivity index (χ3n) is 4.67. The lowest BCUT2D eigenvalue weighted by Gasteiger charge is -2.20. The number of benzene rings is 2. The van der Waals surface area contributed by atoms with Crippen LogP contribution in [0.4, 0.5) is 0 Å². The van der Waals surface area contributed by atoms with Crippen LogP contribution in [-0.4, -0.2) is 25.2 Å². The zero-order valence-electron chi connectivity index (χ0n) is 18.0. The summed E-state index contributed by atoms with van der Waals surface area (Å²) in [5.41, 5.74) is 3.53. The zero-order valence-corrected chi connectivity index (χ0v) is 18.0. The van der Waals surface area contributed by atoms with Crippen LogP contribution < -0.4 is 14.8 Å². The molecule has 1 amide bonds. The summed E-state index contributed by atoms with van der Waals surface area (Å²) in [6.45, 7) is 13.3. The Morgan fingerprint density at radius 3 is 2.36 bits per heavy atom. The van der Waals surface area contributed by atoms with Crippen molar-refractivity contribution in [2.75, 3.05) is 13.2 Å². The van der Waals surface area contributed by atoms with Crippen molar-refractivity contribution >= 4 is 5.91 Å². The molecular weight excluding hydrogens is 350 g/mol. The second-order valence-corrected chi connectivity index (χ2v) is 8.20. The maximum Gasteiger partial charge on any atom is 0.261 e. The Labute approximate surface area is 169 Å². The summed E-state index contributed by atoms with van der Waals surface area (Å²) in [6.07, 6.45) is 0.0977. The summed E-state index contributed by atoms with van der Waals surface area (Å²) < 4.78 is 11.7. The fourth-order valence-electron chi connectivity index (χ4n) is 2.82. The van der Waals surface area contributed by atoms with Crippen LogP contribution in [0.5, 0.6) is 11.5 Å². The van der Waals surface area contributed by atoms with Gasteiger partial charge in [-0.05, 0) is 60.6 Å². The molecule has 2 aromatic rings. The Morgan fingerprint density at radius 2 is 1.75 bits per heavy atom. The molecule has 0 unspecified atom stereocenters. The van der Waals surface area contributed by atoms with Crippen molar-refractivity contribution < 1.29 is 14.3 Å². The average Bonchev–Trinajstić information content (AvgIpc) is 2.65. The number of hydrogen-bond acceptors (Lipinski definition) is 3. The van der Waals surface area contributed by atoms with Gasteiger partial charge in [-0.3, -0.25) is 4.79 Å². The van der Waals surface area contributed by atoms with E-state index in [4.69, 9.17) is 9.47 Å². The predicted octanol–water partition coefficient (Wildman–Crippen LogP) is 4.95. The first-order chi connectivity index (χ1) is 13.2. The molecule has 0 fully saturated rings. The van der Waals surface area contributed by atoms with Gasteiger partial charge in [0, 0.05) is 0 Å². The highest BCUT2D eigenvalue weighted by Crippen LogP contribution is 2.24.